The van der Waals surface area contributed by atoms with Crippen LogP contribution >= 0.6 is 0 Å². The minimum atomic E-state index is -1.25. The standard InChI is InChI=1S/C25H26O7.2C2H6/c1-6-10-15-21(31-25(29)19(13-7-2)20(9-4)30-5)17(8-3)24(28)32-22-16-12-11-14-18(22)23(26)27;2*1-2/h6-16H,2H2,1,3-5H3,(H,26,27);2*1-2H3/b10-6-,17-8+,19-13+,20-9+,21-15+;;. The third-order valence-electron chi connectivity index (χ3n) is 3.99. The summed E-state index contributed by atoms with van der Waals surface area (Å²) in [5.74, 6) is -2.88. The lowest BCUT2D eigenvalue weighted by Gasteiger charge is -2.15. The van der Waals surface area contributed by atoms with E-state index in [0.717, 1.165) is 0 Å². The Hall–Kier alpha value is -4.13. The van der Waals surface area contributed by atoms with Gasteiger partial charge < -0.3 is 19.3 Å². The molecule has 0 spiro atoms. The van der Waals surface area contributed by atoms with Crippen molar-refractivity contribution in [1.82, 2.24) is 0 Å². The first-order chi connectivity index (χ1) is 17.3. The summed E-state index contributed by atoms with van der Waals surface area (Å²) in [6.45, 7) is 16.6. The largest absolute Gasteiger partial charge is 0.496 e. The number of carboxylic acids is 1. The summed E-state index contributed by atoms with van der Waals surface area (Å²) < 4.78 is 16.0. The highest BCUT2D eigenvalue weighted by molar-refractivity contribution is 5.99. The molecule has 0 aliphatic heterocycles. The summed E-state index contributed by atoms with van der Waals surface area (Å²) in [6.07, 6.45) is 10.5. The van der Waals surface area contributed by atoms with Gasteiger partial charge in [0.05, 0.1) is 12.7 Å². The van der Waals surface area contributed by atoms with Crippen LogP contribution in [0.2, 0.25) is 0 Å². The quantitative estimate of drug-likeness (QED) is 0.122. The predicted octanol–water partition coefficient (Wildman–Crippen LogP) is 6.95. The van der Waals surface area contributed by atoms with Crippen LogP contribution in [0.1, 0.15) is 58.8 Å². The first-order valence-electron chi connectivity index (χ1n) is 11.6. The first kappa shape index (κ1) is 34.0. The van der Waals surface area contributed by atoms with E-state index in [1.165, 1.54) is 55.7 Å². The van der Waals surface area contributed by atoms with E-state index in [1.54, 1.807) is 39.0 Å². The summed E-state index contributed by atoms with van der Waals surface area (Å²) in [5, 5.41) is 9.30. The molecule has 0 amide bonds. The van der Waals surface area contributed by atoms with E-state index in [2.05, 4.69) is 6.58 Å². The molecule has 1 aromatic rings. The molecule has 196 valence electrons. The van der Waals surface area contributed by atoms with Gasteiger partial charge in [0.25, 0.3) is 0 Å². The highest BCUT2D eigenvalue weighted by Crippen LogP contribution is 2.23. The number of methoxy groups -OCH3 is 1. The fourth-order valence-corrected chi connectivity index (χ4v) is 2.52. The Morgan fingerprint density at radius 1 is 0.861 bits per heavy atom. The Bertz CT molecular complexity index is 1020. The zero-order valence-corrected chi connectivity index (χ0v) is 22.5. The molecule has 1 N–H and O–H groups in total. The number of hydrogen-bond acceptors (Lipinski definition) is 6. The second kappa shape index (κ2) is 20.3. The van der Waals surface area contributed by atoms with Crippen LogP contribution in [0.4, 0.5) is 0 Å². The van der Waals surface area contributed by atoms with Crippen molar-refractivity contribution in [2.24, 2.45) is 0 Å². The molecule has 0 radical (unpaired) electrons. The maximum Gasteiger partial charge on any atom is 0.347 e. The van der Waals surface area contributed by atoms with Gasteiger partial charge in [-0.15, -0.1) is 0 Å². The maximum atomic E-state index is 12.8. The van der Waals surface area contributed by atoms with Gasteiger partial charge in [0.15, 0.2) is 0 Å². The van der Waals surface area contributed by atoms with Crippen LogP contribution in [-0.4, -0.2) is 30.1 Å². The smallest absolute Gasteiger partial charge is 0.347 e. The van der Waals surface area contributed by atoms with Crippen LogP contribution in [0.5, 0.6) is 5.75 Å². The monoisotopic (exact) mass is 498 g/mol. The number of carbonyl (C=O) groups excluding carboxylic acids is 2. The second-order valence-electron chi connectivity index (χ2n) is 6.01. The average molecular weight is 499 g/mol. The van der Waals surface area contributed by atoms with Crippen molar-refractivity contribution in [3.8, 4) is 5.75 Å². The van der Waals surface area contributed by atoms with E-state index in [9.17, 15) is 19.5 Å². The molecule has 0 aliphatic rings. The third kappa shape index (κ3) is 10.9. The van der Waals surface area contributed by atoms with Crippen molar-refractivity contribution in [3.63, 3.8) is 0 Å². The number of benzene rings is 1. The Balaban J connectivity index is 0. The summed E-state index contributed by atoms with van der Waals surface area (Å²) >= 11 is 0. The van der Waals surface area contributed by atoms with Crippen molar-refractivity contribution in [1.29, 1.82) is 0 Å². The van der Waals surface area contributed by atoms with Crippen LogP contribution in [0.25, 0.3) is 0 Å². The number of esters is 2. The molecular weight excluding hydrogens is 460 g/mol. The molecule has 0 bridgehead atoms. The van der Waals surface area contributed by atoms with Crippen LogP contribution in [0, 0.1) is 0 Å². The fraction of sp³-hybridized carbons (Fsp3) is 0.276. The predicted molar refractivity (Wildman–Crippen MR) is 144 cm³/mol. The van der Waals surface area contributed by atoms with E-state index < -0.39 is 17.9 Å². The molecule has 0 aromatic heterocycles. The lowest BCUT2D eigenvalue weighted by Crippen LogP contribution is -2.19. The molecule has 0 fully saturated rings. The van der Waals surface area contributed by atoms with Gasteiger partial charge in [-0.3, -0.25) is 0 Å². The van der Waals surface area contributed by atoms with Gasteiger partial charge in [-0.2, -0.15) is 0 Å². The Morgan fingerprint density at radius 2 is 1.47 bits per heavy atom. The van der Waals surface area contributed by atoms with Crippen LogP contribution in [-0.2, 0) is 19.1 Å². The van der Waals surface area contributed by atoms with Crippen molar-refractivity contribution < 1.29 is 33.7 Å². The van der Waals surface area contributed by atoms with Gasteiger partial charge in [0.2, 0.25) is 0 Å². The van der Waals surface area contributed by atoms with E-state index >= 15 is 0 Å². The first-order valence-corrected chi connectivity index (χ1v) is 11.6. The Kier molecular flexibility index (Phi) is 19.2. The molecule has 0 unspecified atom stereocenters. The number of ether oxygens (including phenoxy) is 3. The van der Waals surface area contributed by atoms with E-state index in [0.29, 0.717) is 0 Å². The van der Waals surface area contributed by atoms with E-state index in [-0.39, 0.29) is 34.0 Å². The van der Waals surface area contributed by atoms with Crippen molar-refractivity contribution in [3.05, 3.63) is 102 Å². The molecule has 0 atom stereocenters. The Labute approximate surface area is 214 Å². The summed E-state index contributed by atoms with van der Waals surface area (Å²) in [5.41, 5.74) is -0.160. The molecule has 0 saturated heterocycles. The molecule has 1 rings (SSSR count). The van der Waals surface area contributed by atoms with Gasteiger partial charge in [0.1, 0.15) is 28.4 Å². The molecule has 36 heavy (non-hydrogen) atoms. The lowest BCUT2D eigenvalue weighted by atomic mass is 10.1. The molecule has 1 aromatic carbocycles. The summed E-state index contributed by atoms with van der Waals surface area (Å²) in [7, 11) is 1.41. The zero-order chi connectivity index (χ0) is 28.1. The van der Waals surface area contributed by atoms with E-state index in [1.807, 2.05) is 27.7 Å². The van der Waals surface area contributed by atoms with Gasteiger partial charge in [-0.25, -0.2) is 14.4 Å². The highest BCUT2D eigenvalue weighted by Gasteiger charge is 2.24. The average Bonchev–Trinajstić information content (AvgIpc) is 2.90. The molecule has 0 aliphatic carbocycles. The zero-order valence-electron chi connectivity index (χ0n) is 22.5. The number of aromatic carboxylic acids is 1. The molecule has 0 heterocycles. The number of hydrogen-bond donors (Lipinski definition) is 1. The second-order valence-corrected chi connectivity index (χ2v) is 6.01. The van der Waals surface area contributed by atoms with Crippen molar-refractivity contribution in [2.75, 3.05) is 7.11 Å². The molecular formula is C29H38O7. The fourth-order valence-electron chi connectivity index (χ4n) is 2.52. The Morgan fingerprint density at radius 3 is 1.94 bits per heavy atom. The topological polar surface area (TPSA) is 99.1 Å². The number of carboxylic acid groups (broad SMARTS) is 1. The van der Waals surface area contributed by atoms with Crippen LogP contribution in [0.3, 0.4) is 0 Å². The summed E-state index contributed by atoms with van der Waals surface area (Å²) in [4.78, 5) is 37.1. The number of carbonyl (C=O) groups is 3. The third-order valence-corrected chi connectivity index (χ3v) is 3.99. The number of rotatable bonds is 10. The molecule has 7 heteroatoms. The van der Waals surface area contributed by atoms with Crippen molar-refractivity contribution in [2.45, 2.75) is 48.5 Å². The van der Waals surface area contributed by atoms with Crippen LogP contribution in [0.15, 0.2) is 96.0 Å². The molecule has 0 saturated carbocycles. The van der Waals surface area contributed by atoms with Gasteiger partial charge in [0, 0.05) is 0 Å². The SMILES string of the molecule is C=C/C=C(C(=O)OC(=C/C=C\C)/C(=C\C)C(=O)Oc1ccccc1C(=O)O)\C(=C/C)OC.CC.CC. The van der Waals surface area contributed by atoms with Gasteiger partial charge >= 0.3 is 17.9 Å². The van der Waals surface area contributed by atoms with Gasteiger partial charge in [-0.05, 0) is 51.1 Å². The maximum absolute atomic E-state index is 12.8. The van der Waals surface area contributed by atoms with Crippen molar-refractivity contribution >= 4 is 17.9 Å². The minimum absolute atomic E-state index is 0.0750. The number of allylic oxidation sites excluding steroid dienone is 7. The molecule has 7 nitrogen and oxygen atoms in total. The summed E-state index contributed by atoms with van der Waals surface area (Å²) in [6, 6.07) is 5.72. The van der Waals surface area contributed by atoms with E-state index in [4.69, 9.17) is 14.2 Å². The highest BCUT2D eigenvalue weighted by atomic mass is 16.6. The normalized spacial score (nSPS) is 11.9. The lowest BCUT2D eigenvalue weighted by molar-refractivity contribution is -0.135. The minimum Gasteiger partial charge on any atom is -0.496 e. The van der Waals surface area contributed by atoms with Crippen LogP contribution < -0.4 is 4.74 Å². The van der Waals surface area contributed by atoms with Gasteiger partial charge in [-0.1, -0.05) is 70.7 Å². The number of para-hydroxylation sites is 1.